The third kappa shape index (κ3) is 4.05. The van der Waals surface area contributed by atoms with Crippen LogP contribution >= 0.6 is 0 Å². The molecule has 13 heavy (non-hydrogen) atoms. The van der Waals surface area contributed by atoms with Gasteiger partial charge in [0.25, 0.3) is 0 Å². The fraction of sp³-hybridized carbons (Fsp3) is 0.667. The van der Waals surface area contributed by atoms with Gasteiger partial charge in [-0.25, -0.2) is 4.98 Å². The van der Waals surface area contributed by atoms with Gasteiger partial charge >= 0.3 is 0 Å². The number of ether oxygens (including phenoxy) is 1. The summed E-state index contributed by atoms with van der Waals surface area (Å²) in [5.74, 6) is 0.865. The van der Waals surface area contributed by atoms with Crippen molar-refractivity contribution in [3.8, 4) is 0 Å². The van der Waals surface area contributed by atoms with Crippen LogP contribution < -0.4 is 5.32 Å². The highest BCUT2D eigenvalue weighted by Gasteiger charge is 2.02. The second-order valence-corrected chi connectivity index (χ2v) is 3.03. The minimum Gasteiger partial charge on any atom is -0.447 e. The van der Waals surface area contributed by atoms with E-state index in [1.165, 1.54) is 6.39 Å². The third-order valence-electron chi connectivity index (χ3n) is 1.86. The van der Waals surface area contributed by atoms with Crippen LogP contribution in [0.1, 0.15) is 19.1 Å². The summed E-state index contributed by atoms with van der Waals surface area (Å²) in [6.07, 6.45) is 4.16. The first-order chi connectivity index (χ1) is 6.33. The number of hydrogen-bond donors (Lipinski definition) is 1. The number of nitrogens with zero attached hydrogens (tertiary/aromatic N) is 1. The molecule has 1 rings (SSSR count). The molecule has 0 spiro atoms. The number of aromatic nitrogens is 1. The van der Waals surface area contributed by atoms with Crippen molar-refractivity contribution in [1.82, 2.24) is 10.3 Å². The molecular formula is C9H16N2O2. The van der Waals surface area contributed by atoms with Gasteiger partial charge < -0.3 is 14.5 Å². The fourth-order valence-corrected chi connectivity index (χ4v) is 1.00. The van der Waals surface area contributed by atoms with Crippen molar-refractivity contribution in [3.05, 3.63) is 18.4 Å². The predicted octanol–water partition coefficient (Wildman–Crippen LogP) is 1.19. The van der Waals surface area contributed by atoms with Crippen LogP contribution in [0, 0.1) is 0 Å². The van der Waals surface area contributed by atoms with Crippen molar-refractivity contribution in [1.29, 1.82) is 0 Å². The maximum Gasteiger partial charge on any atom is 0.180 e. The van der Waals surface area contributed by atoms with E-state index in [2.05, 4.69) is 17.2 Å². The Balaban J connectivity index is 2.11. The monoisotopic (exact) mass is 184 g/mol. The second-order valence-electron chi connectivity index (χ2n) is 3.03. The largest absolute Gasteiger partial charge is 0.447 e. The quantitative estimate of drug-likeness (QED) is 0.721. The lowest BCUT2D eigenvalue weighted by atomic mass is 10.2. The number of hydrogen-bond acceptors (Lipinski definition) is 4. The van der Waals surface area contributed by atoms with E-state index in [0.717, 1.165) is 25.3 Å². The van der Waals surface area contributed by atoms with E-state index in [4.69, 9.17) is 9.15 Å². The molecule has 1 aromatic rings. The van der Waals surface area contributed by atoms with Gasteiger partial charge in [-0.1, -0.05) is 0 Å². The maximum atomic E-state index is 5.08. The van der Waals surface area contributed by atoms with Crippen molar-refractivity contribution >= 4 is 0 Å². The summed E-state index contributed by atoms with van der Waals surface area (Å²) in [6.45, 7) is 3.63. The smallest absolute Gasteiger partial charge is 0.180 e. The molecular weight excluding hydrogens is 168 g/mol. The van der Waals surface area contributed by atoms with Crippen LogP contribution in [0.5, 0.6) is 0 Å². The lowest BCUT2D eigenvalue weighted by Gasteiger charge is -2.11. The average molecular weight is 184 g/mol. The summed E-state index contributed by atoms with van der Waals surface area (Å²) in [6, 6.07) is 0.435. The van der Waals surface area contributed by atoms with Gasteiger partial charge in [0.05, 0.1) is 12.7 Å². The van der Waals surface area contributed by atoms with Gasteiger partial charge in [-0.2, -0.15) is 0 Å². The molecule has 0 radical (unpaired) electrons. The molecule has 0 saturated heterocycles. The second kappa shape index (κ2) is 5.72. The Morgan fingerprint density at radius 3 is 3.15 bits per heavy atom. The Morgan fingerprint density at radius 1 is 1.69 bits per heavy atom. The minimum atomic E-state index is 0.435. The van der Waals surface area contributed by atoms with Crippen molar-refractivity contribution in [3.63, 3.8) is 0 Å². The van der Waals surface area contributed by atoms with E-state index in [1.807, 2.05) is 0 Å². The van der Waals surface area contributed by atoms with Gasteiger partial charge in [-0.15, -0.1) is 0 Å². The van der Waals surface area contributed by atoms with Crippen LogP contribution in [0.15, 0.2) is 17.0 Å². The molecule has 1 atom stereocenters. The van der Waals surface area contributed by atoms with Crippen LogP contribution in [-0.4, -0.2) is 24.7 Å². The Morgan fingerprint density at radius 2 is 2.54 bits per heavy atom. The predicted molar refractivity (Wildman–Crippen MR) is 49.3 cm³/mol. The summed E-state index contributed by atoms with van der Waals surface area (Å²) in [5.41, 5.74) is 0. The molecule has 4 nitrogen and oxygen atoms in total. The lowest BCUT2D eigenvalue weighted by molar-refractivity contribution is 0.184. The van der Waals surface area contributed by atoms with Crippen LogP contribution in [-0.2, 0) is 11.3 Å². The molecule has 74 valence electrons. The van der Waals surface area contributed by atoms with Crippen molar-refractivity contribution in [2.45, 2.75) is 25.9 Å². The summed E-state index contributed by atoms with van der Waals surface area (Å²) < 4.78 is 10.1. The molecule has 1 aromatic heterocycles. The molecule has 0 fully saturated rings. The lowest BCUT2D eigenvalue weighted by Crippen LogP contribution is -2.26. The van der Waals surface area contributed by atoms with Gasteiger partial charge in [-0.05, 0) is 13.3 Å². The standard InChI is InChI=1S/C9H16N2O2/c1-8(3-4-12-2)11-6-9-5-10-7-13-9/h5,7-8,11H,3-4,6H2,1-2H3. The summed E-state index contributed by atoms with van der Waals surface area (Å²) in [7, 11) is 1.71. The Hall–Kier alpha value is -0.870. The molecule has 1 unspecified atom stereocenters. The van der Waals surface area contributed by atoms with Gasteiger partial charge in [0.2, 0.25) is 0 Å². The van der Waals surface area contributed by atoms with Gasteiger partial charge in [-0.3, -0.25) is 0 Å². The normalized spacial score (nSPS) is 13.1. The van der Waals surface area contributed by atoms with E-state index < -0.39 is 0 Å². The van der Waals surface area contributed by atoms with E-state index in [9.17, 15) is 0 Å². The fourth-order valence-electron chi connectivity index (χ4n) is 1.00. The Labute approximate surface area is 78.3 Å². The molecule has 0 bridgehead atoms. The molecule has 4 heteroatoms. The van der Waals surface area contributed by atoms with Crippen LogP contribution in [0.25, 0.3) is 0 Å². The van der Waals surface area contributed by atoms with Crippen LogP contribution in [0.2, 0.25) is 0 Å². The molecule has 0 saturated carbocycles. The SMILES string of the molecule is COCCC(C)NCc1cnco1. The zero-order valence-electron chi connectivity index (χ0n) is 8.12. The highest BCUT2D eigenvalue weighted by atomic mass is 16.5. The molecule has 1 N–H and O–H groups in total. The maximum absolute atomic E-state index is 5.08. The van der Waals surface area contributed by atoms with Crippen LogP contribution in [0.4, 0.5) is 0 Å². The van der Waals surface area contributed by atoms with Crippen molar-refractivity contribution in [2.24, 2.45) is 0 Å². The topological polar surface area (TPSA) is 47.3 Å². The molecule has 0 aromatic carbocycles. The average Bonchev–Trinajstić information content (AvgIpc) is 2.64. The minimum absolute atomic E-state index is 0.435. The first-order valence-electron chi connectivity index (χ1n) is 4.42. The molecule has 0 amide bonds. The summed E-state index contributed by atoms with van der Waals surface area (Å²) in [5, 5.41) is 3.31. The first-order valence-corrected chi connectivity index (χ1v) is 4.42. The zero-order valence-corrected chi connectivity index (χ0v) is 8.12. The Bertz CT molecular complexity index is 211. The van der Waals surface area contributed by atoms with Gasteiger partial charge in [0.1, 0.15) is 5.76 Å². The van der Waals surface area contributed by atoms with E-state index in [-0.39, 0.29) is 0 Å². The zero-order chi connectivity index (χ0) is 9.52. The van der Waals surface area contributed by atoms with E-state index >= 15 is 0 Å². The van der Waals surface area contributed by atoms with Gasteiger partial charge in [0, 0.05) is 19.8 Å². The number of nitrogens with one attached hydrogen (secondary N) is 1. The molecule has 0 aliphatic rings. The summed E-state index contributed by atoms with van der Waals surface area (Å²) in [4.78, 5) is 3.83. The molecule has 1 heterocycles. The molecule has 0 aliphatic heterocycles. The Kier molecular flexibility index (Phi) is 4.49. The van der Waals surface area contributed by atoms with E-state index in [1.54, 1.807) is 13.3 Å². The van der Waals surface area contributed by atoms with E-state index in [0.29, 0.717) is 6.04 Å². The van der Waals surface area contributed by atoms with Crippen molar-refractivity contribution < 1.29 is 9.15 Å². The number of methoxy groups -OCH3 is 1. The highest BCUT2D eigenvalue weighted by Crippen LogP contribution is 1.98. The highest BCUT2D eigenvalue weighted by molar-refractivity contribution is 4.87. The summed E-state index contributed by atoms with van der Waals surface area (Å²) >= 11 is 0. The number of oxazole rings is 1. The molecule has 0 aliphatic carbocycles. The van der Waals surface area contributed by atoms with Crippen LogP contribution in [0.3, 0.4) is 0 Å². The van der Waals surface area contributed by atoms with Gasteiger partial charge in [0.15, 0.2) is 6.39 Å². The van der Waals surface area contributed by atoms with Crippen molar-refractivity contribution in [2.75, 3.05) is 13.7 Å². The number of rotatable bonds is 6. The first kappa shape index (κ1) is 10.2. The third-order valence-corrected chi connectivity index (χ3v) is 1.86.